The van der Waals surface area contributed by atoms with E-state index in [2.05, 4.69) is 20.8 Å². The molecule has 1 aromatic rings. The largest absolute Gasteiger partial charge is 0.507 e. The monoisotopic (exact) mass is 306 g/mol. The number of benzene rings is 1. The fourth-order valence-corrected chi connectivity index (χ4v) is 2.92. The Morgan fingerprint density at radius 3 is 1.95 bits per heavy atom. The molecular weight excluding hydrogens is 276 g/mol. The first-order chi connectivity index (χ1) is 10.2. The van der Waals surface area contributed by atoms with Gasteiger partial charge in [-0.1, -0.05) is 33.6 Å². The molecule has 0 aliphatic rings. The third-order valence-corrected chi connectivity index (χ3v) is 4.59. The summed E-state index contributed by atoms with van der Waals surface area (Å²) >= 11 is 0. The van der Waals surface area contributed by atoms with E-state index in [-0.39, 0.29) is 23.2 Å². The average molecular weight is 306 g/mol. The van der Waals surface area contributed by atoms with E-state index in [4.69, 9.17) is 0 Å². The molecule has 1 aromatic carbocycles. The highest BCUT2D eigenvalue weighted by Gasteiger charge is 2.27. The minimum atomic E-state index is -0.0847. The van der Waals surface area contributed by atoms with Gasteiger partial charge in [0.1, 0.15) is 11.5 Å². The zero-order valence-corrected chi connectivity index (χ0v) is 14.8. The number of rotatable bonds is 7. The van der Waals surface area contributed by atoms with E-state index in [9.17, 15) is 15.0 Å². The van der Waals surface area contributed by atoms with Gasteiger partial charge in [-0.2, -0.15) is 0 Å². The Kier molecular flexibility index (Phi) is 6.46. The van der Waals surface area contributed by atoms with Gasteiger partial charge in [-0.15, -0.1) is 0 Å². The van der Waals surface area contributed by atoms with Crippen molar-refractivity contribution in [2.45, 2.75) is 67.2 Å². The van der Waals surface area contributed by atoms with Crippen LogP contribution in [0.25, 0.3) is 0 Å². The lowest BCUT2D eigenvalue weighted by Crippen LogP contribution is -2.17. The molecule has 0 spiro atoms. The standard InChI is InChI=1S/C19H30O3/c1-7-8-15(10-9-11(2)3)19(22)16-14(6)17(20)12(4)13(5)18(16)21/h11,15,20-21H,7-10H2,1-6H3. The number of phenolic OH excluding ortho intramolecular Hbond substituents is 2. The van der Waals surface area contributed by atoms with E-state index >= 15 is 0 Å². The van der Waals surface area contributed by atoms with E-state index in [1.807, 2.05) is 0 Å². The molecule has 0 aliphatic heterocycles. The minimum Gasteiger partial charge on any atom is -0.507 e. The van der Waals surface area contributed by atoms with Crippen LogP contribution in [0.3, 0.4) is 0 Å². The second kappa shape index (κ2) is 7.66. The molecule has 3 nitrogen and oxygen atoms in total. The summed E-state index contributed by atoms with van der Waals surface area (Å²) in [5, 5.41) is 20.6. The molecule has 3 heteroatoms. The summed E-state index contributed by atoms with van der Waals surface area (Å²) in [6.07, 6.45) is 3.58. The minimum absolute atomic E-state index is 0.0310. The zero-order chi connectivity index (χ0) is 17.0. The smallest absolute Gasteiger partial charge is 0.170 e. The van der Waals surface area contributed by atoms with Crippen LogP contribution in [0.1, 0.15) is 73.5 Å². The second-order valence-corrected chi connectivity index (χ2v) is 6.77. The molecule has 0 heterocycles. The van der Waals surface area contributed by atoms with Crippen molar-refractivity contribution in [3.8, 4) is 11.5 Å². The van der Waals surface area contributed by atoms with Gasteiger partial charge in [0.15, 0.2) is 5.78 Å². The molecule has 0 amide bonds. The van der Waals surface area contributed by atoms with Crippen molar-refractivity contribution in [3.05, 3.63) is 22.3 Å². The van der Waals surface area contributed by atoms with E-state index < -0.39 is 0 Å². The zero-order valence-electron chi connectivity index (χ0n) is 14.8. The summed E-state index contributed by atoms with van der Waals surface area (Å²) in [4.78, 5) is 12.9. The summed E-state index contributed by atoms with van der Waals surface area (Å²) in [7, 11) is 0. The summed E-state index contributed by atoms with van der Waals surface area (Å²) in [5.74, 6) is 0.589. The Bertz CT molecular complexity index is 515. The van der Waals surface area contributed by atoms with Gasteiger partial charge >= 0.3 is 0 Å². The van der Waals surface area contributed by atoms with Gasteiger partial charge in [0.05, 0.1) is 5.56 Å². The summed E-state index contributed by atoms with van der Waals surface area (Å²) in [6, 6.07) is 0. The SMILES string of the molecule is CCCC(CCC(C)C)C(=O)c1c(C)c(O)c(C)c(C)c1O. The van der Waals surface area contributed by atoms with Crippen LogP contribution in [0.5, 0.6) is 11.5 Å². The predicted octanol–water partition coefficient (Wildman–Crippen LogP) is 5.06. The number of hydrogen-bond donors (Lipinski definition) is 2. The number of Topliss-reactive ketones (excluding diaryl/α,β-unsaturated/α-hetero) is 1. The Morgan fingerprint density at radius 1 is 0.909 bits per heavy atom. The van der Waals surface area contributed by atoms with Crippen LogP contribution in [-0.2, 0) is 0 Å². The Morgan fingerprint density at radius 2 is 1.45 bits per heavy atom. The van der Waals surface area contributed by atoms with Crippen LogP contribution in [-0.4, -0.2) is 16.0 Å². The quantitative estimate of drug-likeness (QED) is 0.547. The number of ketones is 1. The fraction of sp³-hybridized carbons (Fsp3) is 0.632. The van der Waals surface area contributed by atoms with Gasteiger partial charge in [-0.3, -0.25) is 4.79 Å². The van der Waals surface area contributed by atoms with Gasteiger partial charge in [0.25, 0.3) is 0 Å². The number of carbonyl (C=O) groups is 1. The van der Waals surface area contributed by atoms with E-state index in [1.165, 1.54) is 0 Å². The highest BCUT2D eigenvalue weighted by atomic mass is 16.3. The van der Waals surface area contributed by atoms with Crippen molar-refractivity contribution < 1.29 is 15.0 Å². The Hall–Kier alpha value is -1.51. The van der Waals surface area contributed by atoms with Crippen molar-refractivity contribution in [1.29, 1.82) is 0 Å². The van der Waals surface area contributed by atoms with E-state index in [0.29, 0.717) is 28.2 Å². The first kappa shape index (κ1) is 18.5. The van der Waals surface area contributed by atoms with Gasteiger partial charge in [0, 0.05) is 11.5 Å². The molecule has 0 fully saturated rings. The highest BCUT2D eigenvalue weighted by Crippen LogP contribution is 2.38. The summed E-state index contributed by atoms with van der Waals surface area (Å²) < 4.78 is 0. The van der Waals surface area contributed by atoms with Crippen LogP contribution in [0.4, 0.5) is 0 Å². The third-order valence-electron chi connectivity index (χ3n) is 4.59. The Balaban J connectivity index is 3.24. The highest BCUT2D eigenvalue weighted by molar-refractivity contribution is 6.02. The molecule has 0 aliphatic carbocycles. The Labute approximate surface area is 134 Å². The van der Waals surface area contributed by atoms with Crippen LogP contribution in [0.2, 0.25) is 0 Å². The van der Waals surface area contributed by atoms with Crippen LogP contribution < -0.4 is 0 Å². The van der Waals surface area contributed by atoms with Crippen LogP contribution in [0, 0.1) is 32.6 Å². The molecule has 0 saturated heterocycles. The average Bonchev–Trinajstić information content (AvgIpc) is 2.47. The molecule has 22 heavy (non-hydrogen) atoms. The van der Waals surface area contributed by atoms with Crippen molar-refractivity contribution in [2.24, 2.45) is 11.8 Å². The molecule has 1 rings (SSSR count). The van der Waals surface area contributed by atoms with Crippen molar-refractivity contribution >= 4 is 5.78 Å². The van der Waals surface area contributed by atoms with Crippen molar-refractivity contribution in [3.63, 3.8) is 0 Å². The molecule has 0 saturated carbocycles. The maximum Gasteiger partial charge on any atom is 0.170 e. The fourth-order valence-electron chi connectivity index (χ4n) is 2.92. The summed E-state index contributed by atoms with van der Waals surface area (Å²) in [6.45, 7) is 11.6. The first-order valence-corrected chi connectivity index (χ1v) is 8.28. The summed E-state index contributed by atoms with van der Waals surface area (Å²) in [5.41, 5.74) is 2.03. The molecule has 124 valence electrons. The molecule has 0 bridgehead atoms. The van der Waals surface area contributed by atoms with Crippen molar-refractivity contribution in [2.75, 3.05) is 0 Å². The van der Waals surface area contributed by atoms with E-state index in [1.54, 1.807) is 20.8 Å². The molecular formula is C19H30O3. The van der Waals surface area contributed by atoms with Crippen LogP contribution in [0.15, 0.2) is 0 Å². The lowest BCUT2D eigenvalue weighted by molar-refractivity contribution is 0.0897. The van der Waals surface area contributed by atoms with Crippen LogP contribution >= 0.6 is 0 Å². The molecule has 1 unspecified atom stereocenters. The number of phenols is 2. The molecule has 1 atom stereocenters. The number of carbonyl (C=O) groups excluding carboxylic acids is 1. The van der Waals surface area contributed by atoms with Gasteiger partial charge in [-0.25, -0.2) is 0 Å². The number of hydrogen-bond acceptors (Lipinski definition) is 3. The maximum absolute atomic E-state index is 12.9. The molecule has 2 N–H and O–H groups in total. The number of aromatic hydroxyl groups is 2. The van der Waals surface area contributed by atoms with Gasteiger partial charge in [-0.05, 0) is 50.7 Å². The van der Waals surface area contributed by atoms with Gasteiger partial charge in [0.2, 0.25) is 0 Å². The van der Waals surface area contributed by atoms with Crippen molar-refractivity contribution in [1.82, 2.24) is 0 Å². The molecule has 0 aromatic heterocycles. The predicted molar refractivity (Wildman–Crippen MR) is 90.8 cm³/mol. The lowest BCUT2D eigenvalue weighted by Gasteiger charge is -2.20. The van der Waals surface area contributed by atoms with Gasteiger partial charge < -0.3 is 10.2 Å². The second-order valence-electron chi connectivity index (χ2n) is 6.77. The maximum atomic E-state index is 12.9. The van der Waals surface area contributed by atoms with E-state index in [0.717, 1.165) is 25.7 Å². The first-order valence-electron chi connectivity index (χ1n) is 8.28. The third kappa shape index (κ3) is 3.82. The normalized spacial score (nSPS) is 12.7. The topological polar surface area (TPSA) is 57.5 Å². The molecule has 0 radical (unpaired) electrons. The lowest BCUT2D eigenvalue weighted by atomic mass is 9.84.